The van der Waals surface area contributed by atoms with Gasteiger partial charge in [-0.2, -0.15) is 10.4 Å². The lowest BCUT2D eigenvalue weighted by atomic mass is 10.0. The van der Waals surface area contributed by atoms with Crippen LogP contribution in [0.5, 0.6) is 0 Å². The van der Waals surface area contributed by atoms with Crippen molar-refractivity contribution in [2.24, 2.45) is 0 Å². The second kappa shape index (κ2) is 7.89. The van der Waals surface area contributed by atoms with Crippen molar-refractivity contribution in [2.45, 2.75) is 27.0 Å². The number of ether oxygens (including phenoxy) is 1. The van der Waals surface area contributed by atoms with Crippen molar-refractivity contribution in [2.75, 3.05) is 6.61 Å². The van der Waals surface area contributed by atoms with Gasteiger partial charge in [0.15, 0.2) is 0 Å². The zero-order valence-electron chi connectivity index (χ0n) is 15.2. The van der Waals surface area contributed by atoms with Crippen molar-refractivity contribution < 1.29 is 14.6 Å². The molecule has 0 spiro atoms. The van der Waals surface area contributed by atoms with Gasteiger partial charge in [0.2, 0.25) is 0 Å². The van der Waals surface area contributed by atoms with E-state index in [1.165, 1.54) is 0 Å². The number of rotatable bonds is 6. The number of nitrogens with one attached hydrogen (secondary N) is 1. The summed E-state index contributed by atoms with van der Waals surface area (Å²) in [6.45, 7) is 4.23. The molecule has 0 radical (unpaired) electrons. The molecule has 0 aliphatic rings. The summed E-state index contributed by atoms with van der Waals surface area (Å²) in [7, 11) is 0. The van der Waals surface area contributed by atoms with Crippen molar-refractivity contribution in [1.82, 2.24) is 14.8 Å². The molecule has 3 rings (SSSR count). The molecule has 0 bridgehead atoms. The number of H-pyrrole nitrogens is 1. The molecule has 0 atom stereocenters. The molecule has 0 saturated heterocycles. The third-order valence-corrected chi connectivity index (χ3v) is 4.47. The maximum atomic E-state index is 12.1. The number of nitriles is 1. The van der Waals surface area contributed by atoms with Crippen LogP contribution in [0.1, 0.15) is 39.9 Å². The van der Waals surface area contributed by atoms with E-state index in [1.54, 1.807) is 25.3 Å². The highest BCUT2D eigenvalue weighted by Gasteiger charge is 2.19. The van der Waals surface area contributed by atoms with Crippen molar-refractivity contribution >= 4 is 5.97 Å². The van der Waals surface area contributed by atoms with Crippen LogP contribution in [-0.2, 0) is 17.9 Å². The number of aromatic amines is 1. The fourth-order valence-corrected chi connectivity index (χ4v) is 3.06. The predicted octanol–water partition coefficient (Wildman–Crippen LogP) is 2.78. The van der Waals surface area contributed by atoms with E-state index in [4.69, 9.17) is 10.00 Å². The third kappa shape index (κ3) is 3.61. The number of aromatic nitrogens is 3. The van der Waals surface area contributed by atoms with Crippen molar-refractivity contribution in [3.63, 3.8) is 0 Å². The number of carbonyl (C=O) groups excluding carboxylic acids is 1. The van der Waals surface area contributed by atoms with Gasteiger partial charge in [-0.3, -0.25) is 5.10 Å². The van der Waals surface area contributed by atoms with E-state index in [9.17, 15) is 9.90 Å². The van der Waals surface area contributed by atoms with E-state index in [0.717, 1.165) is 22.5 Å². The van der Waals surface area contributed by atoms with Crippen LogP contribution >= 0.6 is 0 Å². The summed E-state index contributed by atoms with van der Waals surface area (Å²) in [5.41, 5.74) is 5.18. The normalized spacial score (nSPS) is 10.6. The Bertz CT molecular complexity index is 993. The van der Waals surface area contributed by atoms with E-state index in [1.807, 2.05) is 29.7 Å². The predicted molar refractivity (Wildman–Crippen MR) is 98.9 cm³/mol. The van der Waals surface area contributed by atoms with Crippen LogP contribution in [0.25, 0.3) is 11.1 Å². The fraction of sp³-hybridized carbons (Fsp3) is 0.250. The number of esters is 1. The molecule has 0 saturated carbocycles. The second-order valence-corrected chi connectivity index (χ2v) is 6.06. The van der Waals surface area contributed by atoms with E-state index in [2.05, 4.69) is 16.3 Å². The highest BCUT2D eigenvalue weighted by atomic mass is 16.5. The highest BCUT2D eigenvalue weighted by molar-refractivity contribution is 5.88. The number of aliphatic hydroxyl groups excluding tert-OH is 1. The average Bonchev–Trinajstić information content (AvgIpc) is 3.27. The first-order valence-corrected chi connectivity index (χ1v) is 8.58. The lowest BCUT2D eigenvalue weighted by molar-refractivity contribution is 0.0518. The first kappa shape index (κ1) is 18.4. The van der Waals surface area contributed by atoms with Crippen LogP contribution in [0.15, 0.2) is 36.5 Å². The highest BCUT2D eigenvalue weighted by Crippen LogP contribution is 2.28. The number of benzene rings is 1. The summed E-state index contributed by atoms with van der Waals surface area (Å²) < 4.78 is 7.00. The van der Waals surface area contributed by atoms with E-state index in [0.29, 0.717) is 23.4 Å². The van der Waals surface area contributed by atoms with Gasteiger partial charge in [-0.05, 0) is 37.6 Å². The zero-order chi connectivity index (χ0) is 19.4. The van der Waals surface area contributed by atoms with Gasteiger partial charge in [-0.15, -0.1) is 0 Å². The summed E-state index contributed by atoms with van der Waals surface area (Å²) in [5.74, 6) is -0.451. The molecule has 2 N–H and O–H groups in total. The monoisotopic (exact) mass is 364 g/mol. The van der Waals surface area contributed by atoms with Crippen LogP contribution in [0.2, 0.25) is 0 Å². The van der Waals surface area contributed by atoms with Crippen molar-refractivity contribution in [3.8, 4) is 17.2 Å². The standard InChI is InChI=1S/C20H20N4O3/c1-3-27-20(26)19-16(10-22-23-19)11-24-13(2)18(8-17(24)12-25)15-6-4-14(9-21)5-7-15/h4-8,10,25H,3,11-12H2,1-2H3,(H,22,23). The molecular formula is C20H20N4O3. The van der Waals surface area contributed by atoms with Gasteiger partial charge in [-0.25, -0.2) is 4.79 Å². The molecule has 138 valence electrons. The summed E-state index contributed by atoms with van der Waals surface area (Å²) in [4.78, 5) is 12.1. The molecule has 2 aromatic heterocycles. The number of carbonyl (C=O) groups is 1. The Hall–Kier alpha value is -3.37. The SMILES string of the molecule is CCOC(=O)c1[nH]ncc1Cn1c(CO)cc(-c2ccc(C#N)cc2)c1C. The lowest BCUT2D eigenvalue weighted by Gasteiger charge is -2.11. The van der Waals surface area contributed by atoms with Crippen molar-refractivity contribution in [1.29, 1.82) is 5.26 Å². The smallest absolute Gasteiger partial charge is 0.356 e. The van der Waals surface area contributed by atoms with Crippen LogP contribution in [-0.4, -0.2) is 32.4 Å². The molecular weight excluding hydrogens is 344 g/mol. The van der Waals surface area contributed by atoms with E-state index >= 15 is 0 Å². The Morgan fingerprint density at radius 1 is 1.37 bits per heavy atom. The fourth-order valence-electron chi connectivity index (χ4n) is 3.06. The van der Waals surface area contributed by atoms with Gasteiger partial charge in [0.25, 0.3) is 0 Å². The van der Waals surface area contributed by atoms with Gasteiger partial charge in [0.05, 0.1) is 37.6 Å². The van der Waals surface area contributed by atoms with E-state index in [-0.39, 0.29) is 13.2 Å². The van der Waals surface area contributed by atoms with Crippen LogP contribution in [0.3, 0.4) is 0 Å². The van der Waals surface area contributed by atoms with Crippen LogP contribution < -0.4 is 0 Å². The third-order valence-electron chi connectivity index (χ3n) is 4.47. The topological polar surface area (TPSA) is 104 Å². The Morgan fingerprint density at radius 2 is 2.11 bits per heavy atom. The van der Waals surface area contributed by atoms with Gasteiger partial charge in [0, 0.05) is 22.5 Å². The molecule has 0 fully saturated rings. The Kier molecular flexibility index (Phi) is 5.38. The number of aliphatic hydroxyl groups is 1. The minimum absolute atomic E-state index is 0.135. The Labute approximate surface area is 156 Å². The van der Waals surface area contributed by atoms with Crippen LogP contribution in [0.4, 0.5) is 0 Å². The number of hydrogen-bond donors (Lipinski definition) is 2. The minimum atomic E-state index is -0.451. The van der Waals surface area contributed by atoms with Crippen molar-refractivity contribution in [3.05, 3.63) is 64.7 Å². The molecule has 0 aliphatic heterocycles. The summed E-state index contributed by atoms with van der Waals surface area (Å²) >= 11 is 0. The van der Waals surface area contributed by atoms with Gasteiger partial charge >= 0.3 is 5.97 Å². The molecule has 3 aromatic rings. The summed E-state index contributed by atoms with van der Waals surface area (Å²) in [5, 5.41) is 25.4. The molecule has 0 unspecified atom stereocenters. The van der Waals surface area contributed by atoms with Gasteiger partial charge < -0.3 is 14.4 Å². The summed E-state index contributed by atoms with van der Waals surface area (Å²) in [6.07, 6.45) is 1.59. The molecule has 1 aromatic carbocycles. The van der Waals surface area contributed by atoms with E-state index < -0.39 is 5.97 Å². The van der Waals surface area contributed by atoms with Gasteiger partial charge in [0.1, 0.15) is 5.69 Å². The molecule has 7 nitrogen and oxygen atoms in total. The molecule has 2 heterocycles. The molecule has 7 heteroatoms. The quantitative estimate of drug-likeness (QED) is 0.655. The maximum Gasteiger partial charge on any atom is 0.356 e. The average molecular weight is 364 g/mol. The number of hydrogen-bond acceptors (Lipinski definition) is 5. The number of nitrogens with zero attached hydrogens (tertiary/aromatic N) is 3. The van der Waals surface area contributed by atoms with Crippen LogP contribution in [0, 0.1) is 18.3 Å². The minimum Gasteiger partial charge on any atom is -0.461 e. The summed E-state index contributed by atoms with van der Waals surface area (Å²) in [6, 6.07) is 11.3. The largest absolute Gasteiger partial charge is 0.461 e. The molecule has 27 heavy (non-hydrogen) atoms. The Morgan fingerprint density at radius 3 is 2.74 bits per heavy atom. The lowest BCUT2D eigenvalue weighted by Crippen LogP contribution is -2.12. The Balaban J connectivity index is 1.97. The molecule has 0 aliphatic carbocycles. The zero-order valence-corrected chi connectivity index (χ0v) is 15.2. The first-order chi connectivity index (χ1) is 13.1. The second-order valence-electron chi connectivity index (χ2n) is 6.06. The first-order valence-electron chi connectivity index (χ1n) is 8.58. The van der Waals surface area contributed by atoms with Gasteiger partial charge in [-0.1, -0.05) is 12.1 Å². The molecule has 0 amide bonds. The maximum absolute atomic E-state index is 12.1.